The Morgan fingerprint density at radius 2 is 1.89 bits per heavy atom. The molecule has 19 heavy (non-hydrogen) atoms. The number of nitrogens with zero attached hydrogens (tertiary/aromatic N) is 1. The normalized spacial score (nSPS) is 27.6. The summed E-state index contributed by atoms with van der Waals surface area (Å²) in [6.45, 7) is 0.302. The predicted octanol–water partition coefficient (Wildman–Crippen LogP) is 0.554. The number of likely N-dealkylation sites (N-methyl/N-ethyl adjacent to an activating group) is 1. The van der Waals surface area contributed by atoms with Crippen LogP contribution in [0, 0.1) is 0 Å². The Morgan fingerprint density at radius 3 is 2.47 bits per heavy atom. The van der Waals surface area contributed by atoms with Crippen LogP contribution < -0.4 is 5.32 Å². The minimum atomic E-state index is -2.88. The van der Waals surface area contributed by atoms with Gasteiger partial charge in [0.2, 0.25) is 5.91 Å². The molecule has 0 radical (unpaired) electrons. The molecule has 1 aliphatic heterocycles. The molecule has 2 fully saturated rings. The van der Waals surface area contributed by atoms with E-state index in [-0.39, 0.29) is 23.5 Å². The van der Waals surface area contributed by atoms with Crippen LogP contribution in [0.2, 0.25) is 0 Å². The van der Waals surface area contributed by atoms with Crippen LogP contribution in [0.3, 0.4) is 0 Å². The second kappa shape index (κ2) is 6.22. The van der Waals surface area contributed by atoms with Gasteiger partial charge in [0.25, 0.3) is 0 Å². The van der Waals surface area contributed by atoms with E-state index >= 15 is 0 Å². The number of hydrogen-bond donors (Lipinski definition) is 1. The van der Waals surface area contributed by atoms with E-state index in [9.17, 15) is 13.2 Å². The zero-order valence-electron chi connectivity index (χ0n) is 11.6. The van der Waals surface area contributed by atoms with E-state index in [1.54, 1.807) is 0 Å². The van der Waals surface area contributed by atoms with Crippen LogP contribution in [0.15, 0.2) is 0 Å². The van der Waals surface area contributed by atoms with Crippen LogP contribution in [-0.2, 0) is 14.6 Å². The van der Waals surface area contributed by atoms with Gasteiger partial charge >= 0.3 is 0 Å². The first-order chi connectivity index (χ1) is 8.96. The van der Waals surface area contributed by atoms with Crippen molar-refractivity contribution in [3.63, 3.8) is 0 Å². The van der Waals surface area contributed by atoms with Crippen LogP contribution >= 0.6 is 0 Å². The minimum Gasteiger partial charge on any atom is -0.352 e. The zero-order valence-corrected chi connectivity index (χ0v) is 12.4. The van der Waals surface area contributed by atoms with Crippen LogP contribution in [0.4, 0.5) is 0 Å². The Morgan fingerprint density at radius 1 is 1.21 bits per heavy atom. The van der Waals surface area contributed by atoms with Crippen molar-refractivity contribution in [2.24, 2.45) is 0 Å². The van der Waals surface area contributed by atoms with Gasteiger partial charge in [-0.2, -0.15) is 0 Å². The fourth-order valence-corrected chi connectivity index (χ4v) is 4.80. The third-order valence-electron chi connectivity index (χ3n) is 4.20. The van der Waals surface area contributed by atoms with Crippen molar-refractivity contribution in [1.29, 1.82) is 0 Å². The maximum atomic E-state index is 11.9. The molecular weight excluding hydrogens is 264 g/mol. The quantitative estimate of drug-likeness (QED) is 0.820. The molecule has 1 saturated heterocycles. The number of carbonyl (C=O) groups is 1. The average Bonchev–Trinajstić information content (AvgIpc) is 2.71. The molecule has 1 amide bonds. The fourth-order valence-electron chi connectivity index (χ4n) is 3.00. The molecule has 0 aromatic rings. The molecule has 5 nitrogen and oxygen atoms in total. The van der Waals surface area contributed by atoms with Gasteiger partial charge in [-0.15, -0.1) is 0 Å². The first-order valence-corrected chi connectivity index (χ1v) is 8.98. The summed E-state index contributed by atoms with van der Waals surface area (Å²) < 4.78 is 22.8. The second-order valence-corrected chi connectivity index (χ2v) is 8.10. The van der Waals surface area contributed by atoms with Crippen molar-refractivity contribution in [3.05, 3.63) is 0 Å². The molecule has 6 heteroatoms. The maximum absolute atomic E-state index is 11.9. The minimum absolute atomic E-state index is 0.00195. The number of nitrogens with one attached hydrogen (secondary N) is 1. The molecule has 1 heterocycles. The smallest absolute Gasteiger partial charge is 0.234 e. The van der Waals surface area contributed by atoms with E-state index in [0.29, 0.717) is 19.0 Å². The molecule has 0 aromatic heterocycles. The first kappa shape index (κ1) is 14.8. The summed E-state index contributed by atoms with van der Waals surface area (Å²) in [5, 5.41) is 3.06. The van der Waals surface area contributed by atoms with E-state index < -0.39 is 9.84 Å². The topological polar surface area (TPSA) is 66.5 Å². The lowest BCUT2D eigenvalue weighted by molar-refractivity contribution is -0.123. The zero-order chi connectivity index (χ0) is 13.9. The molecule has 2 rings (SSSR count). The molecule has 1 N–H and O–H groups in total. The molecule has 2 aliphatic rings. The highest BCUT2D eigenvalue weighted by molar-refractivity contribution is 7.91. The van der Waals surface area contributed by atoms with Gasteiger partial charge in [0.1, 0.15) is 0 Å². The summed E-state index contributed by atoms with van der Waals surface area (Å²) in [5.41, 5.74) is 0. The van der Waals surface area contributed by atoms with Crippen LogP contribution in [-0.4, -0.2) is 56.4 Å². The van der Waals surface area contributed by atoms with Gasteiger partial charge in [0.15, 0.2) is 9.84 Å². The molecule has 0 spiro atoms. The maximum Gasteiger partial charge on any atom is 0.234 e. The van der Waals surface area contributed by atoms with E-state index in [1.807, 2.05) is 11.9 Å². The molecule has 1 atom stereocenters. The summed E-state index contributed by atoms with van der Waals surface area (Å²) in [5.74, 6) is 0.477. The highest BCUT2D eigenvalue weighted by atomic mass is 32.2. The summed E-state index contributed by atoms with van der Waals surface area (Å²) in [7, 11) is -1.04. The third-order valence-corrected chi connectivity index (χ3v) is 5.95. The van der Waals surface area contributed by atoms with Gasteiger partial charge in [-0.1, -0.05) is 19.3 Å². The molecule has 0 unspecified atom stereocenters. The van der Waals surface area contributed by atoms with Crippen molar-refractivity contribution in [2.45, 2.75) is 50.6 Å². The molecule has 1 aliphatic carbocycles. The fraction of sp³-hybridized carbons (Fsp3) is 0.923. The second-order valence-electron chi connectivity index (χ2n) is 5.87. The first-order valence-electron chi connectivity index (χ1n) is 7.16. The number of hydrogen-bond acceptors (Lipinski definition) is 4. The predicted molar refractivity (Wildman–Crippen MR) is 74.7 cm³/mol. The Hall–Kier alpha value is -0.620. The van der Waals surface area contributed by atoms with E-state index in [4.69, 9.17) is 0 Å². The SMILES string of the molecule is CN(CC(=O)NC1CCCCC1)[C@H]1CCS(=O)(=O)C1. The third kappa shape index (κ3) is 4.45. The number of carbonyl (C=O) groups excluding carboxylic acids is 1. The monoisotopic (exact) mass is 288 g/mol. The summed E-state index contributed by atoms with van der Waals surface area (Å²) in [6.07, 6.45) is 6.46. The highest BCUT2D eigenvalue weighted by Crippen LogP contribution is 2.18. The van der Waals surface area contributed by atoms with Gasteiger partial charge in [-0.05, 0) is 26.3 Å². The van der Waals surface area contributed by atoms with E-state index in [0.717, 1.165) is 12.8 Å². The van der Waals surface area contributed by atoms with Crippen molar-refractivity contribution < 1.29 is 13.2 Å². The Bertz CT molecular complexity index is 416. The van der Waals surface area contributed by atoms with E-state index in [1.165, 1.54) is 19.3 Å². The largest absolute Gasteiger partial charge is 0.352 e. The van der Waals surface area contributed by atoms with Crippen molar-refractivity contribution in [2.75, 3.05) is 25.1 Å². The lowest BCUT2D eigenvalue weighted by Gasteiger charge is -2.26. The van der Waals surface area contributed by atoms with Crippen LogP contribution in [0.25, 0.3) is 0 Å². The summed E-state index contributed by atoms with van der Waals surface area (Å²) in [6, 6.07) is 0.323. The highest BCUT2D eigenvalue weighted by Gasteiger charge is 2.31. The Kier molecular flexibility index (Phi) is 4.84. The van der Waals surface area contributed by atoms with Gasteiger partial charge in [0, 0.05) is 12.1 Å². The number of sulfone groups is 1. The average molecular weight is 288 g/mol. The molecule has 1 saturated carbocycles. The molecular formula is C13H24N2O3S. The Balaban J connectivity index is 1.75. The standard InChI is InChI=1S/C13H24N2O3S/c1-15(12-7-8-19(17,18)10-12)9-13(16)14-11-5-3-2-4-6-11/h11-12H,2-10H2,1H3,(H,14,16)/t12-/m0/s1. The van der Waals surface area contributed by atoms with Gasteiger partial charge in [0.05, 0.1) is 18.1 Å². The molecule has 0 aromatic carbocycles. The summed E-state index contributed by atoms with van der Waals surface area (Å²) >= 11 is 0. The number of rotatable bonds is 4. The van der Waals surface area contributed by atoms with Gasteiger partial charge in [-0.25, -0.2) is 8.42 Å². The Labute approximate surface area is 115 Å². The lowest BCUT2D eigenvalue weighted by Crippen LogP contribution is -2.44. The summed E-state index contributed by atoms with van der Waals surface area (Å²) in [4.78, 5) is 13.8. The van der Waals surface area contributed by atoms with Crippen LogP contribution in [0.5, 0.6) is 0 Å². The number of amides is 1. The molecule has 110 valence electrons. The van der Waals surface area contributed by atoms with Crippen molar-refractivity contribution >= 4 is 15.7 Å². The lowest BCUT2D eigenvalue weighted by atomic mass is 9.95. The molecule has 0 bridgehead atoms. The van der Waals surface area contributed by atoms with E-state index in [2.05, 4.69) is 5.32 Å². The van der Waals surface area contributed by atoms with Crippen molar-refractivity contribution in [3.8, 4) is 0 Å². The van der Waals surface area contributed by atoms with Crippen molar-refractivity contribution in [1.82, 2.24) is 10.2 Å². The van der Waals surface area contributed by atoms with Crippen LogP contribution in [0.1, 0.15) is 38.5 Å². The van der Waals surface area contributed by atoms with Gasteiger partial charge in [-0.3, -0.25) is 9.69 Å². The van der Waals surface area contributed by atoms with Gasteiger partial charge < -0.3 is 5.32 Å².